The fourth-order valence-electron chi connectivity index (χ4n) is 3.20. The molecule has 0 spiro atoms. The van der Waals surface area contributed by atoms with E-state index in [1.54, 1.807) is 30.6 Å². The van der Waals surface area contributed by atoms with Crippen molar-refractivity contribution in [2.45, 2.75) is 0 Å². The first-order chi connectivity index (χ1) is 14.0. The third kappa shape index (κ3) is 4.55. The van der Waals surface area contributed by atoms with Crippen molar-refractivity contribution in [3.63, 3.8) is 0 Å². The number of halogens is 1. The predicted octanol–water partition coefficient (Wildman–Crippen LogP) is 5.12. The number of pyridine rings is 1. The molecule has 0 saturated heterocycles. The maximum atomic E-state index is 12.8. The smallest absolute Gasteiger partial charge is 0.337 e. The van der Waals surface area contributed by atoms with E-state index < -0.39 is 11.9 Å². The van der Waals surface area contributed by atoms with Gasteiger partial charge in [-0.1, -0.05) is 41.9 Å². The minimum Gasteiger partial charge on any atom is -0.478 e. The van der Waals surface area contributed by atoms with Gasteiger partial charge in [-0.3, -0.25) is 9.78 Å². The van der Waals surface area contributed by atoms with E-state index in [1.807, 2.05) is 30.3 Å². The molecule has 1 amide bonds. The van der Waals surface area contributed by atoms with Crippen molar-refractivity contribution >= 4 is 69.5 Å². The monoisotopic (exact) mass is 425 g/mol. The second kappa shape index (κ2) is 9.41. The number of rotatable bonds is 4. The van der Waals surface area contributed by atoms with E-state index in [1.165, 1.54) is 18.2 Å². The quantitative estimate of drug-likeness (QED) is 0.444. The number of anilines is 1. The molecule has 0 unspecified atom stereocenters. The first-order valence-corrected chi connectivity index (χ1v) is 9.18. The standard InChI is InChI=1S/C23H15ClN2O3.Na/c24-17-7-8-21(20(12-17)23(28)29)26-22(27)15-4-1-3-14(11-15)18-6-2-5-16-13-25-10-9-19(16)18;/h1-13H,(H,26,27)(H,28,29);. The minimum atomic E-state index is -1.17. The van der Waals surface area contributed by atoms with Crippen LogP contribution in [0.5, 0.6) is 0 Å². The van der Waals surface area contributed by atoms with Crippen LogP contribution >= 0.6 is 11.6 Å². The number of amides is 1. The van der Waals surface area contributed by atoms with E-state index in [-0.39, 0.29) is 45.8 Å². The van der Waals surface area contributed by atoms with Gasteiger partial charge < -0.3 is 10.4 Å². The second-order valence-corrected chi connectivity index (χ2v) is 6.87. The number of nitrogens with zero attached hydrogens (tertiary/aromatic N) is 1. The first kappa shape index (κ1) is 22.0. The van der Waals surface area contributed by atoms with Gasteiger partial charge in [0.05, 0.1) is 11.3 Å². The normalized spacial score (nSPS) is 10.3. The Morgan fingerprint density at radius 1 is 0.967 bits per heavy atom. The molecule has 0 fully saturated rings. The zero-order valence-electron chi connectivity index (χ0n) is 16.1. The van der Waals surface area contributed by atoms with E-state index in [9.17, 15) is 14.7 Å². The van der Waals surface area contributed by atoms with Crippen LogP contribution in [-0.4, -0.2) is 51.5 Å². The Kier molecular flexibility index (Phi) is 6.90. The molecule has 2 N–H and O–H groups in total. The molecule has 4 aromatic rings. The van der Waals surface area contributed by atoms with E-state index in [0.717, 1.165) is 21.9 Å². The van der Waals surface area contributed by atoms with E-state index in [2.05, 4.69) is 10.3 Å². The van der Waals surface area contributed by atoms with Gasteiger partial charge in [-0.05, 0) is 52.9 Å². The Labute approximate surface area is 200 Å². The van der Waals surface area contributed by atoms with Gasteiger partial charge in [0.1, 0.15) is 0 Å². The Hall–Kier alpha value is -2.70. The van der Waals surface area contributed by atoms with Crippen LogP contribution in [0.1, 0.15) is 20.7 Å². The Bertz CT molecular complexity index is 1250. The summed E-state index contributed by atoms with van der Waals surface area (Å²) in [7, 11) is 0. The number of benzene rings is 3. The summed E-state index contributed by atoms with van der Waals surface area (Å²) >= 11 is 5.87. The molecular weight excluding hydrogens is 411 g/mol. The summed E-state index contributed by atoms with van der Waals surface area (Å²) in [6.45, 7) is 0. The van der Waals surface area contributed by atoms with Crippen molar-refractivity contribution in [2.75, 3.05) is 5.32 Å². The topological polar surface area (TPSA) is 79.3 Å². The molecule has 1 radical (unpaired) electrons. The first-order valence-electron chi connectivity index (χ1n) is 8.80. The Morgan fingerprint density at radius 3 is 2.57 bits per heavy atom. The molecule has 0 atom stereocenters. The Morgan fingerprint density at radius 2 is 1.77 bits per heavy atom. The predicted molar refractivity (Wildman–Crippen MR) is 119 cm³/mol. The summed E-state index contributed by atoms with van der Waals surface area (Å²) in [6.07, 6.45) is 3.53. The summed E-state index contributed by atoms with van der Waals surface area (Å²) < 4.78 is 0. The number of aromatic nitrogens is 1. The summed E-state index contributed by atoms with van der Waals surface area (Å²) in [5, 5.41) is 14.3. The maximum Gasteiger partial charge on any atom is 0.337 e. The molecule has 1 aromatic heterocycles. The SMILES string of the molecule is O=C(Nc1ccc(Cl)cc1C(=O)O)c1cccc(-c2cccc3cnccc23)c1.[Na]. The van der Waals surface area contributed by atoms with E-state index >= 15 is 0 Å². The van der Waals surface area contributed by atoms with E-state index in [4.69, 9.17) is 11.6 Å². The molecule has 0 aliphatic carbocycles. The van der Waals surface area contributed by atoms with Crippen molar-refractivity contribution in [3.8, 4) is 11.1 Å². The van der Waals surface area contributed by atoms with Gasteiger partial charge in [-0.25, -0.2) is 4.79 Å². The molecule has 30 heavy (non-hydrogen) atoms. The molecule has 4 rings (SSSR count). The van der Waals surface area contributed by atoms with Crippen molar-refractivity contribution in [3.05, 3.63) is 95.3 Å². The van der Waals surface area contributed by atoms with Crippen LogP contribution < -0.4 is 5.32 Å². The zero-order valence-corrected chi connectivity index (χ0v) is 18.9. The van der Waals surface area contributed by atoms with Gasteiger partial charge in [0.25, 0.3) is 5.91 Å². The van der Waals surface area contributed by atoms with Crippen molar-refractivity contribution in [1.29, 1.82) is 0 Å². The number of hydrogen-bond donors (Lipinski definition) is 2. The van der Waals surface area contributed by atoms with Crippen LogP contribution in [-0.2, 0) is 0 Å². The van der Waals surface area contributed by atoms with E-state index in [0.29, 0.717) is 5.56 Å². The maximum absolute atomic E-state index is 12.8. The van der Waals surface area contributed by atoms with Crippen molar-refractivity contribution in [1.82, 2.24) is 4.98 Å². The van der Waals surface area contributed by atoms with Crippen LogP contribution in [0.15, 0.2) is 79.1 Å². The third-order valence-corrected chi connectivity index (χ3v) is 4.81. The average molecular weight is 426 g/mol. The number of carbonyl (C=O) groups excluding carboxylic acids is 1. The number of carboxylic acids is 1. The molecular formula is C23H15ClN2NaO3. The van der Waals surface area contributed by atoms with Crippen molar-refractivity contribution < 1.29 is 14.7 Å². The largest absolute Gasteiger partial charge is 0.478 e. The number of carbonyl (C=O) groups is 2. The molecule has 0 aliphatic heterocycles. The zero-order chi connectivity index (χ0) is 20.4. The summed E-state index contributed by atoms with van der Waals surface area (Å²) in [5.74, 6) is -1.57. The number of nitrogens with one attached hydrogen (secondary N) is 1. The molecule has 0 bridgehead atoms. The number of hydrogen-bond acceptors (Lipinski definition) is 3. The van der Waals surface area contributed by atoms with Gasteiger partial charge in [0.2, 0.25) is 0 Å². The van der Waals surface area contributed by atoms with Crippen LogP contribution in [0, 0.1) is 0 Å². The summed E-state index contributed by atoms with van der Waals surface area (Å²) in [4.78, 5) is 28.4. The average Bonchev–Trinajstić information content (AvgIpc) is 2.74. The number of aromatic carboxylic acids is 1. The van der Waals surface area contributed by atoms with Gasteiger partial charge in [0.15, 0.2) is 0 Å². The molecule has 5 nitrogen and oxygen atoms in total. The Balaban J connectivity index is 0.00000256. The molecule has 7 heteroatoms. The van der Waals surface area contributed by atoms with Gasteiger partial charge in [-0.2, -0.15) is 0 Å². The van der Waals surface area contributed by atoms with Crippen LogP contribution in [0.4, 0.5) is 5.69 Å². The number of fused-ring (bicyclic) bond motifs is 1. The van der Waals surface area contributed by atoms with Gasteiger partial charge in [0, 0.05) is 57.9 Å². The molecule has 0 aliphatic rings. The molecule has 143 valence electrons. The van der Waals surface area contributed by atoms with Crippen molar-refractivity contribution in [2.24, 2.45) is 0 Å². The fraction of sp³-hybridized carbons (Fsp3) is 0. The van der Waals surface area contributed by atoms with Crippen LogP contribution in [0.25, 0.3) is 21.9 Å². The van der Waals surface area contributed by atoms with Gasteiger partial charge >= 0.3 is 5.97 Å². The minimum absolute atomic E-state index is 0. The number of carboxylic acid groups (broad SMARTS) is 1. The van der Waals surface area contributed by atoms with Crippen LogP contribution in [0.2, 0.25) is 5.02 Å². The summed E-state index contributed by atoms with van der Waals surface area (Å²) in [5.41, 5.74) is 2.40. The second-order valence-electron chi connectivity index (χ2n) is 6.43. The van der Waals surface area contributed by atoms with Gasteiger partial charge in [-0.15, -0.1) is 0 Å². The van der Waals surface area contributed by atoms with Crippen LogP contribution in [0.3, 0.4) is 0 Å². The molecule has 3 aromatic carbocycles. The summed E-state index contributed by atoms with van der Waals surface area (Å²) in [6, 6.07) is 19.3. The third-order valence-electron chi connectivity index (χ3n) is 4.58. The molecule has 1 heterocycles. The fourth-order valence-corrected chi connectivity index (χ4v) is 3.37. The molecule has 0 saturated carbocycles.